The van der Waals surface area contributed by atoms with Crippen molar-refractivity contribution < 1.29 is 0 Å². The average molecular weight is 224 g/mol. The predicted molar refractivity (Wildman–Crippen MR) is 69.7 cm³/mol. The predicted octanol–water partition coefficient (Wildman–Crippen LogP) is 2.64. The van der Waals surface area contributed by atoms with Crippen molar-refractivity contribution in [3.8, 4) is 0 Å². The van der Waals surface area contributed by atoms with Crippen LogP contribution in [0.3, 0.4) is 0 Å². The van der Waals surface area contributed by atoms with Crippen molar-refractivity contribution >= 4 is 0 Å². The van der Waals surface area contributed by atoms with Crippen LogP contribution in [0.2, 0.25) is 0 Å². The summed E-state index contributed by atoms with van der Waals surface area (Å²) in [4.78, 5) is 2.46. The van der Waals surface area contributed by atoms with Crippen LogP contribution in [0.1, 0.15) is 52.4 Å². The fraction of sp³-hybridized carbons (Fsp3) is 1.00. The van der Waals surface area contributed by atoms with Gasteiger partial charge in [0.25, 0.3) is 0 Å². The molecule has 2 aliphatic rings. The van der Waals surface area contributed by atoms with Gasteiger partial charge in [-0.05, 0) is 52.0 Å². The Morgan fingerprint density at radius 3 is 2.44 bits per heavy atom. The minimum absolute atomic E-state index is 0.671. The molecular weight excluding hydrogens is 196 g/mol. The zero-order chi connectivity index (χ0) is 11.6. The molecule has 1 spiro atoms. The van der Waals surface area contributed by atoms with E-state index in [0.717, 1.165) is 6.04 Å². The summed E-state index contributed by atoms with van der Waals surface area (Å²) in [6, 6.07) is 1.41. The van der Waals surface area contributed by atoms with E-state index in [2.05, 4.69) is 31.1 Å². The van der Waals surface area contributed by atoms with Gasteiger partial charge in [0, 0.05) is 25.2 Å². The molecule has 16 heavy (non-hydrogen) atoms. The maximum atomic E-state index is 3.80. The molecule has 1 aliphatic heterocycles. The molecule has 0 aromatic carbocycles. The van der Waals surface area contributed by atoms with Crippen LogP contribution in [0.25, 0.3) is 0 Å². The van der Waals surface area contributed by atoms with Gasteiger partial charge in [-0.1, -0.05) is 12.8 Å². The molecule has 1 saturated carbocycles. The summed E-state index contributed by atoms with van der Waals surface area (Å²) in [5.41, 5.74) is 0.701. The molecule has 0 aromatic heterocycles. The van der Waals surface area contributed by atoms with E-state index in [1.54, 1.807) is 0 Å². The molecule has 1 heterocycles. The van der Waals surface area contributed by atoms with Crippen molar-refractivity contribution in [3.63, 3.8) is 0 Å². The van der Waals surface area contributed by atoms with E-state index < -0.39 is 0 Å². The Kier molecular flexibility index (Phi) is 3.91. The molecule has 1 unspecified atom stereocenters. The first kappa shape index (κ1) is 12.4. The molecule has 1 atom stereocenters. The molecule has 1 N–H and O–H groups in total. The first-order valence-corrected chi connectivity index (χ1v) is 7.05. The number of hydrogen-bond donors (Lipinski definition) is 1. The first-order valence-electron chi connectivity index (χ1n) is 7.05. The smallest absolute Gasteiger partial charge is 0.0195 e. The van der Waals surface area contributed by atoms with E-state index >= 15 is 0 Å². The lowest BCUT2D eigenvalue weighted by atomic mass is 9.77. The van der Waals surface area contributed by atoms with Gasteiger partial charge in [-0.25, -0.2) is 0 Å². The van der Waals surface area contributed by atoms with Gasteiger partial charge in [0.2, 0.25) is 0 Å². The second-order valence-electron chi connectivity index (χ2n) is 6.36. The minimum atomic E-state index is 0.671. The SMILES string of the molecule is CC(C)N(C)CC1CCC2(CCCC2)CN1. The van der Waals surface area contributed by atoms with E-state index in [1.807, 2.05) is 0 Å². The summed E-state index contributed by atoms with van der Waals surface area (Å²) in [7, 11) is 2.24. The second-order valence-corrected chi connectivity index (χ2v) is 6.36. The number of hydrogen-bond acceptors (Lipinski definition) is 2. The molecular formula is C14H28N2. The van der Waals surface area contributed by atoms with Gasteiger partial charge >= 0.3 is 0 Å². The number of piperidine rings is 1. The monoisotopic (exact) mass is 224 g/mol. The van der Waals surface area contributed by atoms with Crippen LogP contribution in [0.5, 0.6) is 0 Å². The third-order valence-electron chi connectivity index (χ3n) is 4.84. The fourth-order valence-corrected chi connectivity index (χ4v) is 3.30. The maximum absolute atomic E-state index is 3.80. The average Bonchev–Trinajstić information content (AvgIpc) is 2.70. The molecule has 2 heteroatoms. The Balaban J connectivity index is 1.76. The summed E-state index contributed by atoms with van der Waals surface area (Å²) >= 11 is 0. The van der Waals surface area contributed by atoms with Crippen molar-refractivity contribution in [1.82, 2.24) is 10.2 Å². The molecule has 2 fully saturated rings. The lowest BCUT2D eigenvalue weighted by Crippen LogP contribution is -2.49. The van der Waals surface area contributed by atoms with Gasteiger partial charge in [-0.15, -0.1) is 0 Å². The van der Waals surface area contributed by atoms with Crippen LogP contribution in [0.4, 0.5) is 0 Å². The van der Waals surface area contributed by atoms with Crippen LogP contribution < -0.4 is 5.32 Å². The lowest BCUT2D eigenvalue weighted by Gasteiger charge is -2.40. The molecule has 0 aromatic rings. The van der Waals surface area contributed by atoms with Crippen LogP contribution in [0.15, 0.2) is 0 Å². The number of nitrogens with one attached hydrogen (secondary N) is 1. The number of rotatable bonds is 3. The van der Waals surface area contributed by atoms with Crippen LogP contribution in [0, 0.1) is 5.41 Å². The number of likely N-dealkylation sites (N-methyl/N-ethyl adjacent to an activating group) is 1. The van der Waals surface area contributed by atoms with Crippen molar-refractivity contribution in [2.24, 2.45) is 5.41 Å². The van der Waals surface area contributed by atoms with E-state index in [0.29, 0.717) is 11.5 Å². The molecule has 0 amide bonds. The van der Waals surface area contributed by atoms with Crippen molar-refractivity contribution in [2.75, 3.05) is 20.1 Å². The Morgan fingerprint density at radius 1 is 1.25 bits per heavy atom. The molecule has 94 valence electrons. The van der Waals surface area contributed by atoms with Gasteiger partial charge in [0.15, 0.2) is 0 Å². The van der Waals surface area contributed by atoms with E-state index in [1.165, 1.54) is 51.6 Å². The van der Waals surface area contributed by atoms with Crippen LogP contribution in [-0.4, -0.2) is 37.1 Å². The molecule has 1 aliphatic carbocycles. The summed E-state index contributed by atoms with van der Waals surface area (Å²) in [5, 5.41) is 3.80. The van der Waals surface area contributed by atoms with Gasteiger partial charge in [-0.2, -0.15) is 0 Å². The van der Waals surface area contributed by atoms with Gasteiger partial charge in [-0.3, -0.25) is 0 Å². The Labute approximate surface area is 101 Å². The topological polar surface area (TPSA) is 15.3 Å². The Hall–Kier alpha value is -0.0800. The summed E-state index contributed by atoms with van der Waals surface area (Å²) in [6.07, 6.45) is 8.75. The Bertz CT molecular complexity index is 209. The molecule has 0 radical (unpaired) electrons. The van der Waals surface area contributed by atoms with E-state index in [-0.39, 0.29) is 0 Å². The minimum Gasteiger partial charge on any atom is -0.312 e. The van der Waals surface area contributed by atoms with Crippen LogP contribution >= 0.6 is 0 Å². The quantitative estimate of drug-likeness (QED) is 0.793. The standard InChI is InChI=1S/C14H28N2/c1-12(2)16(3)10-13-6-9-14(11-15-13)7-4-5-8-14/h12-13,15H,4-11H2,1-3H3. The second kappa shape index (κ2) is 5.05. The fourth-order valence-electron chi connectivity index (χ4n) is 3.30. The summed E-state index contributed by atoms with van der Waals surface area (Å²) in [6.45, 7) is 7.06. The highest BCUT2D eigenvalue weighted by Crippen LogP contribution is 2.43. The molecule has 2 rings (SSSR count). The molecule has 2 nitrogen and oxygen atoms in total. The van der Waals surface area contributed by atoms with Gasteiger partial charge in [0.1, 0.15) is 0 Å². The number of nitrogens with zero attached hydrogens (tertiary/aromatic N) is 1. The summed E-state index contributed by atoms with van der Waals surface area (Å²) < 4.78 is 0. The first-order chi connectivity index (χ1) is 7.61. The zero-order valence-electron chi connectivity index (χ0n) is 11.3. The third-order valence-corrected chi connectivity index (χ3v) is 4.84. The van der Waals surface area contributed by atoms with Gasteiger partial charge in [0.05, 0.1) is 0 Å². The van der Waals surface area contributed by atoms with Gasteiger partial charge < -0.3 is 10.2 Å². The lowest BCUT2D eigenvalue weighted by molar-refractivity contribution is 0.150. The van der Waals surface area contributed by atoms with E-state index in [4.69, 9.17) is 0 Å². The third kappa shape index (κ3) is 2.78. The largest absolute Gasteiger partial charge is 0.312 e. The normalized spacial score (nSPS) is 29.4. The molecule has 0 bridgehead atoms. The Morgan fingerprint density at radius 2 is 1.94 bits per heavy atom. The highest BCUT2D eigenvalue weighted by Gasteiger charge is 2.37. The zero-order valence-corrected chi connectivity index (χ0v) is 11.3. The van der Waals surface area contributed by atoms with Crippen molar-refractivity contribution in [2.45, 2.75) is 64.5 Å². The van der Waals surface area contributed by atoms with Crippen LogP contribution in [-0.2, 0) is 0 Å². The highest BCUT2D eigenvalue weighted by atomic mass is 15.1. The van der Waals surface area contributed by atoms with E-state index in [9.17, 15) is 0 Å². The summed E-state index contributed by atoms with van der Waals surface area (Å²) in [5.74, 6) is 0. The van der Waals surface area contributed by atoms with Crippen molar-refractivity contribution in [3.05, 3.63) is 0 Å². The maximum Gasteiger partial charge on any atom is 0.0195 e. The molecule has 1 saturated heterocycles. The van der Waals surface area contributed by atoms with Crippen molar-refractivity contribution in [1.29, 1.82) is 0 Å². The highest BCUT2D eigenvalue weighted by molar-refractivity contribution is 4.93.